The molecule has 0 radical (unpaired) electrons. The zero-order valence-corrected chi connectivity index (χ0v) is 7.42. The Hall–Kier alpha value is 0.0200. The lowest BCUT2D eigenvalue weighted by Crippen LogP contribution is -2.22. The maximum Gasteiger partial charge on any atom is 0.459 e. The van der Waals surface area contributed by atoms with Gasteiger partial charge in [0.1, 0.15) is 0 Å². The predicted molar refractivity (Wildman–Crippen MR) is 41.5 cm³/mol. The SMILES string of the molecule is CC(C)C(C)(C)C[S+]=O. The molecule has 1 nitrogen and oxygen atoms in total. The first-order valence-electron chi connectivity index (χ1n) is 3.25. The second-order valence-corrected chi connectivity index (χ2v) is 3.93. The Morgan fingerprint density at radius 1 is 1.44 bits per heavy atom. The van der Waals surface area contributed by atoms with Crippen molar-refractivity contribution in [3.63, 3.8) is 0 Å². The Kier molecular flexibility index (Phi) is 3.26. The van der Waals surface area contributed by atoms with E-state index in [0.29, 0.717) is 23.3 Å². The highest BCUT2D eigenvalue weighted by molar-refractivity contribution is 7.65. The first-order chi connectivity index (χ1) is 4.00. The maximum atomic E-state index is 10.2. The Balaban J connectivity index is 3.84. The zero-order chi connectivity index (χ0) is 7.49. The third kappa shape index (κ3) is 2.89. The molecule has 0 aromatic heterocycles. The van der Waals surface area contributed by atoms with E-state index in [-0.39, 0.29) is 5.41 Å². The second-order valence-electron chi connectivity index (χ2n) is 3.41. The van der Waals surface area contributed by atoms with Gasteiger partial charge in [-0.1, -0.05) is 27.7 Å². The molecule has 0 heterocycles. The predicted octanol–water partition coefficient (Wildman–Crippen LogP) is 2.10. The van der Waals surface area contributed by atoms with Crippen molar-refractivity contribution in [2.45, 2.75) is 27.7 Å². The smallest absolute Gasteiger partial charge is 0.0621 e. The van der Waals surface area contributed by atoms with E-state index in [0.717, 1.165) is 0 Å². The molecule has 0 amide bonds. The summed E-state index contributed by atoms with van der Waals surface area (Å²) in [5.74, 6) is 1.31. The molecule has 0 N–H and O–H groups in total. The van der Waals surface area contributed by atoms with Crippen LogP contribution in [0, 0.1) is 11.3 Å². The summed E-state index contributed by atoms with van der Waals surface area (Å²) in [5.41, 5.74) is 0.201. The molecule has 0 fully saturated rings. The molecule has 0 atom stereocenters. The van der Waals surface area contributed by atoms with E-state index in [2.05, 4.69) is 27.7 Å². The van der Waals surface area contributed by atoms with Crippen molar-refractivity contribution < 1.29 is 4.21 Å². The van der Waals surface area contributed by atoms with Crippen LogP contribution in [-0.4, -0.2) is 5.75 Å². The van der Waals surface area contributed by atoms with E-state index < -0.39 is 0 Å². The average Bonchev–Trinajstić information content (AvgIpc) is 1.65. The summed E-state index contributed by atoms with van der Waals surface area (Å²) in [4.78, 5) is 0. The molecule has 0 rings (SSSR count). The second kappa shape index (κ2) is 3.25. The number of rotatable bonds is 3. The largest absolute Gasteiger partial charge is 0.459 e. The molecular weight excluding hydrogens is 132 g/mol. The third-order valence-electron chi connectivity index (χ3n) is 1.99. The van der Waals surface area contributed by atoms with Gasteiger partial charge in [-0.2, -0.15) is 0 Å². The molecule has 0 saturated heterocycles. The highest BCUT2D eigenvalue weighted by atomic mass is 32.1. The molecule has 2 heteroatoms. The van der Waals surface area contributed by atoms with Crippen LogP contribution >= 0.6 is 0 Å². The third-order valence-corrected chi connectivity index (χ3v) is 2.86. The van der Waals surface area contributed by atoms with E-state index in [1.54, 1.807) is 0 Å². The molecule has 0 aliphatic rings. The first-order valence-corrected chi connectivity index (χ1v) is 4.16. The molecule has 0 aromatic carbocycles. The first kappa shape index (κ1) is 9.02. The summed E-state index contributed by atoms with van der Waals surface area (Å²) in [6, 6.07) is 0. The maximum absolute atomic E-state index is 10.2. The van der Waals surface area contributed by atoms with Gasteiger partial charge in [0.25, 0.3) is 0 Å². The normalized spacial score (nSPS) is 12.1. The van der Waals surface area contributed by atoms with Crippen molar-refractivity contribution >= 4 is 11.7 Å². The minimum absolute atomic E-state index is 0.201. The Morgan fingerprint density at radius 2 is 1.89 bits per heavy atom. The minimum atomic E-state index is 0.201. The van der Waals surface area contributed by atoms with Crippen LogP contribution in [0.15, 0.2) is 0 Å². The van der Waals surface area contributed by atoms with Crippen LogP contribution in [0.5, 0.6) is 0 Å². The van der Waals surface area contributed by atoms with Crippen molar-refractivity contribution in [1.29, 1.82) is 0 Å². The summed E-state index contributed by atoms with van der Waals surface area (Å²) in [5, 5.41) is 0. The van der Waals surface area contributed by atoms with Crippen LogP contribution in [-0.2, 0) is 15.9 Å². The molecule has 0 saturated carbocycles. The van der Waals surface area contributed by atoms with E-state index >= 15 is 0 Å². The molecule has 0 unspecified atom stereocenters. The molecule has 0 aromatic rings. The van der Waals surface area contributed by atoms with Gasteiger partial charge in [0.05, 0.1) is 0 Å². The summed E-state index contributed by atoms with van der Waals surface area (Å²) in [7, 11) is 0. The topological polar surface area (TPSA) is 17.1 Å². The number of hydrogen-bond donors (Lipinski definition) is 0. The van der Waals surface area contributed by atoms with Crippen LogP contribution in [0.1, 0.15) is 27.7 Å². The number of hydrogen-bond acceptors (Lipinski definition) is 1. The highest BCUT2D eigenvalue weighted by Gasteiger charge is 2.28. The van der Waals surface area contributed by atoms with Gasteiger partial charge < -0.3 is 0 Å². The van der Waals surface area contributed by atoms with Crippen LogP contribution in [0.3, 0.4) is 0 Å². The lowest BCUT2D eigenvalue weighted by atomic mass is 9.83. The van der Waals surface area contributed by atoms with Crippen LogP contribution in [0.4, 0.5) is 0 Å². The molecule has 9 heavy (non-hydrogen) atoms. The van der Waals surface area contributed by atoms with Gasteiger partial charge in [-0.15, -0.1) is 0 Å². The fraction of sp³-hybridized carbons (Fsp3) is 1.00. The zero-order valence-electron chi connectivity index (χ0n) is 6.60. The summed E-state index contributed by atoms with van der Waals surface area (Å²) in [6.45, 7) is 8.55. The summed E-state index contributed by atoms with van der Waals surface area (Å²) < 4.78 is 10.2. The fourth-order valence-electron chi connectivity index (χ4n) is 0.319. The van der Waals surface area contributed by atoms with Gasteiger partial charge in [0, 0.05) is 9.62 Å². The monoisotopic (exact) mass is 147 g/mol. The van der Waals surface area contributed by atoms with Crippen molar-refractivity contribution in [3.05, 3.63) is 0 Å². The highest BCUT2D eigenvalue weighted by Crippen LogP contribution is 2.25. The molecule has 0 spiro atoms. The van der Waals surface area contributed by atoms with Crippen molar-refractivity contribution in [2.24, 2.45) is 11.3 Å². The standard InChI is InChI=1S/C7H15OS/c1-6(2)7(3,4)5-9-8/h6H,5H2,1-4H3/q+1. The Morgan fingerprint density at radius 3 is 2.00 bits per heavy atom. The molecular formula is C7H15OS+. The fourth-order valence-corrected chi connectivity index (χ4v) is 0.956. The van der Waals surface area contributed by atoms with E-state index in [1.165, 1.54) is 0 Å². The average molecular weight is 147 g/mol. The quantitative estimate of drug-likeness (QED) is 0.559. The summed E-state index contributed by atoms with van der Waals surface area (Å²) >= 11 is 0.687. The van der Waals surface area contributed by atoms with Gasteiger partial charge in [0.2, 0.25) is 5.75 Å². The van der Waals surface area contributed by atoms with Crippen LogP contribution in [0.2, 0.25) is 0 Å². The van der Waals surface area contributed by atoms with Gasteiger partial charge in [-0.3, -0.25) is 0 Å². The minimum Gasteiger partial charge on any atom is -0.0621 e. The van der Waals surface area contributed by atoms with Gasteiger partial charge >= 0.3 is 11.7 Å². The van der Waals surface area contributed by atoms with Gasteiger partial charge in [-0.25, -0.2) is 0 Å². The summed E-state index contributed by atoms with van der Waals surface area (Å²) in [6.07, 6.45) is 0. The van der Waals surface area contributed by atoms with E-state index in [1.807, 2.05) is 0 Å². The van der Waals surface area contributed by atoms with Gasteiger partial charge in [0.15, 0.2) is 0 Å². The molecule has 54 valence electrons. The van der Waals surface area contributed by atoms with Crippen LogP contribution in [0.25, 0.3) is 0 Å². The lowest BCUT2D eigenvalue weighted by Gasteiger charge is -2.20. The van der Waals surface area contributed by atoms with Crippen molar-refractivity contribution in [2.75, 3.05) is 5.75 Å². The Labute approximate surface area is 61.3 Å². The van der Waals surface area contributed by atoms with Crippen molar-refractivity contribution in [1.82, 2.24) is 0 Å². The van der Waals surface area contributed by atoms with Gasteiger partial charge in [-0.05, 0) is 5.92 Å². The molecule has 0 bridgehead atoms. The lowest BCUT2D eigenvalue weighted by molar-refractivity contribution is 0.290. The Bertz CT molecular complexity index is 97.1. The molecule has 0 aliphatic carbocycles. The van der Waals surface area contributed by atoms with E-state index in [4.69, 9.17) is 0 Å². The van der Waals surface area contributed by atoms with Crippen LogP contribution < -0.4 is 0 Å². The molecule has 0 aliphatic heterocycles. The van der Waals surface area contributed by atoms with Crippen molar-refractivity contribution in [3.8, 4) is 0 Å². The van der Waals surface area contributed by atoms with E-state index in [9.17, 15) is 4.21 Å².